The van der Waals surface area contributed by atoms with Crippen molar-refractivity contribution < 1.29 is 14.3 Å². The predicted molar refractivity (Wildman–Crippen MR) is 137 cm³/mol. The van der Waals surface area contributed by atoms with Crippen LogP contribution in [0, 0.1) is 5.92 Å². The summed E-state index contributed by atoms with van der Waals surface area (Å²) in [5.41, 5.74) is 2.68. The quantitative estimate of drug-likeness (QED) is 0.375. The molecule has 5 rings (SSSR count). The number of piperidine rings is 1. The van der Waals surface area contributed by atoms with Gasteiger partial charge in [0.25, 0.3) is 0 Å². The molecule has 182 valence electrons. The maximum atomic E-state index is 13.0. The second kappa shape index (κ2) is 10.0. The Morgan fingerprint density at radius 1 is 1.11 bits per heavy atom. The first-order valence-electron chi connectivity index (χ1n) is 11.7. The third-order valence-electron chi connectivity index (χ3n) is 6.55. The highest BCUT2D eigenvalue weighted by Gasteiger charge is 2.24. The fourth-order valence-electron chi connectivity index (χ4n) is 4.46. The Labute approximate surface area is 208 Å². The summed E-state index contributed by atoms with van der Waals surface area (Å²) in [6, 6.07) is 13.7. The van der Waals surface area contributed by atoms with Crippen molar-refractivity contribution in [2.75, 3.05) is 33.1 Å². The van der Waals surface area contributed by atoms with E-state index in [1.54, 1.807) is 14.2 Å². The normalized spacial score (nSPS) is 14.4. The average molecular weight is 492 g/mol. The molecule has 2 aromatic carbocycles. The van der Waals surface area contributed by atoms with Crippen molar-refractivity contribution in [3.8, 4) is 28.6 Å². The number of nitrogens with zero attached hydrogens (tertiary/aromatic N) is 4. The van der Waals surface area contributed by atoms with E-state index in [0.717, 1.165) is 48.1 Å². The molecule has 0 unspecified atom stereocenters. The topological polar surface area (TPSA) is 85.3 Å². The summed E-state index contributed by atoms with van der Waals surface area (Å²) in [6.45, 7) is 3.88. The molecule has 0 radical (unpaired) electrons. The molecule has 9 heteroatoms. The number of likely N-dealkylation sites (tertiary alicyclic amines) is 1. The second-order valence-corrected chi connectivity index (χ2v) is 9.72. The molecule has 1 aliphatic rings. The number of methoxy groups -OCH3 is 2. The van der Waals surface area contributed by atoms with Gasteiger partial charge in [-0.3, -0.25) is 9.36 Å². The van der Waals surface area contributed by atoms with Crippen molar-refractivity contribution in [3.63, 3.8) is 0 Å². The minimum atomic E-state index is 0.128. The lowest BCUT2D eigenvalue weighted by molar-refractivity contribution is -0.129. The van der Waals surface area contributed by atoms with Gasteiger partial charge in [0.15, 0.2) is 11.0 Å². The molecular weight excluding hydrogens is 462 g/mol. The van der Waals surface area contributed by atoms with Crippen molar-refractivity contribution >= 4 is 28.6 Å². The first-order chi connectivity index (χ1) is 17.1. The molecular formula is C26H29N5O3S. The molecule has 0 bridgehead atoms. The van der Waals surface area contributed by atoms with E-state index in [1.165, 1.54) is 11.8 Å². The summed E-state index contributed by atoms with van der Waals surface area (Å²) in [5.74, 6) is 3.11. The number of aromatic amines is 1. The number of H-pyrrole nitrogens is 1. The lowest BCUT2D eigenvalue weighted by Gasteiger charge is -2.30. The molecule has 1 fully saturated rings. The van der Waals surface area contributed by atoms with Gasteiger partial charge in [0.2, 0.25) is 5.91 Å². The first-order valence-corrected chi connectivity index (χ1v) is 12.7. The lowest BCUT2D eigenvalue weighted by atomic mass is 9.99. The Balaban J connectivity index is 1.55. The van der Waals surface area contributed by atoms with Crippen LogP contribution in [-0.4, -0.2) is 63.6 Å². The molecule has 0 spiro atoms. The van der Waals surface area contributed by atoms with E-state index >= 15 is 0 Å². The van der Waals surface area contributed by atoms with Crippen molar-refractivity contribution in [1.29, 1.82) is 0 Å². The van der Waals surface area contributed by atoms with Gasteiger partial charge in [-0.2, -0.15) is 0 Å². The number of benzene rings is 2. The average Bonchev–Trinajstić information content (AvgIpc) is 3.51. The van der Waals surface area contributed by atoms with Crippen LogP contribution in [0.5, 0.6) is 11.5 Å². The van der Waals surface area contributed by atoms with Crippen LogP contribution in [0.15, 0.2) is 53.8 Å². The number of aromatic nitrogens is 4. The van der Waals surface area contributed by atoms with Crippen molar-refractivity contribution in [2.24, 2.45) is 5.92 Å². The van der Waals surface area contributed by atoms with Gasteiger partial charge in [-0.05, 0) is 37.0 Å². The number of hydrogen-bond donors (Lipinski definition) is 1. The summed E-state index contributed by atoms with van der Waals surface area (Å²) in [4.78, 5) is 18.2. The van der Waals surface area contributed by atoms with E-state index in [1.807, 2.05) is 52.1 Å². The Bertz CT molecular complexity index is 1340. The van der Waals surface area contributed by atoms with Crippen molar-refractivity contribution in [3.05, 3.63) is 48.7 Å². The van der Waals surface area contributed by atoms with Crippen LogP contribution in [0.2, 0.25) is 0 Å². The molecule has 1 saturated heterocycles. The highest BCUT2D eigenvalue weighted by Crippen LogP contribution is 2.37. The molecule has 0 atom stereocenters. The number of hydrogen-bond acceptors (Lipinski definition) is 6. The summed E-state index contributed by atoms with van der Waals surface area (Å²) in [5, 5.41) is 10.7. The minimum absolute atomic E-state index is 0.128. The first kappa shape index (κ1) is 23.3. The monoisotopic (exact) mass is 491 g/mol. The Morgan fingerprint density at radius 3 is 2.69 bits per heavy atom. The van der Waals surface area contributed by atoms with Crippen molar-refractivity contribution in [1.82, 2.24) is 24.6 Å². The van der Waals surface area contributed by atoms with Crippen LogP contribution in [-0.2, 0) is 4.79 Å². The standard InChI is InChI=1S/C26H29N5O3S/c1-17-10-12-30(13-11-17)24(32)16-35-26-29-28-25(20-15-27-21-7-5-4-6-19(20)21)31(26)22-14-18(33-2)8-9-23(22)34-3/h4-9,14-15,17,27H,10-13,16H2,1-3H3. The van der Waals surface area contributed by atoms with Gasteiger partial charge in [-0.15, -0.1) is 10.2 Å². The number of fused-ring (bicyclic) bond motifs is 1. The molecule has 3 heterocycles. The summed E-state index contributed by atoms with van der Waals surface area (Å²) in [7, 11) is 3.26. The number of nitrogens with one attached hydrogen (secondary N) is 1. The van der Waals surface area contributed by atoms with E-state index in [9.17, 15) is 4.79 Å². The molecule has 35 heavy (non-hydrogen) atoms. The Kier molecular flexibility index (Phi) is 6.68. The Hall–Kier alpha value is -3.46. The molecule has 0 aliphatic carbocycles. The zero-order valence-corrected chi connectivity index (χ0v) is 21.0. The van der Waals surface area contributed by atoms with E-state index < -0.39 is 0 Å². The number of thioether (sulfide) groups is 1. The van der Waals surface area contributed by atoms with Crippen LogP contribution < -0.4 is 9.47 Å². The van der Waals surface area contributed by atoms with E-state index in [-0.39, 0.29) is 5.91 Å². The van der Waals surface area contributed by atoms with Crippen LogP contribution >= 0.6 is 11.8 Å². The highest BCUT2D eigenvalue weighted by atomic mass is 32.2. The van der Waals surface area contributed by atoms with E-state index in [0.29, 0.717) is 34.2 Å². The number of amides is 1. The molecule has 1 amide bonds. The molecule has 8 nitrogen and oxygen atoms in total. The smallest absolute Gasteiger partial charge is 0.233 e. The maximum Gasteiger partial charge on any atom is 0.233 e. The minimum Gasteiger partial charge on any atom is -0.497 e. The largest absolute Gasteiger partial charge is 0.497 e. The molecule has 1 aliphatic heterocycles. The summed E-state index contributed by atoms with van der Waals surface area (Å²) >= 11 is 1.39. The van der Waals surface area contributed by atoms with Crippen molar-refractivity contribution in [2.45, 2.75) is 24.9 Å². The van der Waals surface area contributed by atoms with Gasteiger partial charge in [0, 0.05) is 41.8 Å². The van der Waals surface area contributed by atoms with Gasteiger partial charge < -0.3 is 19.4 Å². The van der Waals surface area contributed by atoms with Crippen LogP contribution in [0.3, 0.4) is 0 Å². The van der Waals surface area contributed by atoms with Gasteiger partial charge in [-0.25, -0.2) is 0 Å². The van der Waals surface area contributed by atoms with Gasteiger partial charge in [0.1, 0.15) is 11.5 Å². The number of rotatable bonds is 7. The fourth-order valence-corrected chi connectivity index (χ4v) is 5.31. The zero-order chi connectivity index (χ0) is 24.4. The fraction of sp³-hybridized carbons (Fsp3) is 0.346. The van der Waals surface area contributed by atoms with Crippen LogP contribution in [0.25, 0.3) is 28.0 Å². The second-order valence-electron chi connectivity index (χ2n) is 8.78. The summed E-state index contributed by atoms with van der Waals surface area (Å²) in [6.07, 6.45) is 4.04. The van der Waals surface area contributed by atoms with E-state index in [4.69, 9.17) is 9.47 Å². The van der Waals surface area contributed by atoms with Gasteiger partial charge in [0.05, 0.1) is 25.7 Å². The predicted octanol–water partition coefficient (Wildman–Crippen LogP) is 4.78. The SMILES string of the molecule is COc1ccc(OC)c(-n2c(SCC(=O)N3CCC(C)CC3)nnc2-c2c[nH]c3ccccc23)c1. The zero-order valence-electron chi connectivity index (χ0n) is 20.2. The third kappa shape index (κ3) is 4.60. The Morgan fingerprint density at radius 2 is 1.91 bits per heavy atom. The lowest BCUT2D eigenvalue weighted by Crippen LogP contribution is -2.38. The molecule has 0 saturated carbocycles. The van der Waals surface area contributed by atoms with Crippen LogP contribution in [0.1, 0.15) is 19.8 Å². The number of ether oxygens (including phenoxy) is 2. The third-order valence-corrected chi connectivity index (χ3v) is 7.47. The maximum absolute atomic E-state index is 13.0. The van der Waals surface area contributed by atoms with E-state index in [2.05, 4.69) is 28.2 Å². The summed E-state index contributed by atoms with van der Waals surface area (Å²) < 4.78 is 13.1. The number of para-hydroxylation sites is 1. The number of carbonyl (C=O) groups excluding carboxylic acids is 1. The molecule has 4 aromatic rings. The number of carbonyl (C=O) groups is 1. The van der Waals surface area contributed by atoms with Crippen LogP contribution in [0.4, 0.5) is 0 Å². The van der Waals surface area contributed by atoms with Gasteiger partial charge in [-0.1, -0.05) is 36.9 Å². The van der Waals surface area contributed by atoms with Gasteiger partial charge >= 0.3 is 0 Å². The highest BCUT2D eigenvalue weighted by molar-refractivity contribution is 7.99. The molecule has 2 aromatic heterocycles. The molecule has 1 N–H and O–H groups in total.